The molecular weight excluding hydrogens is 356 g/mol. The van der Waals surface area contributed by atoms with Crippen molar-refractivity contribution in [1.29, 1.82) is 0 Å². The Hall–Kier alpha value is -0.520. The predicted molar refractivity (Wildman–Crippen MR) is 71.1 cm³/mol. The van der Waals surface area contributed by atoms with Gasteiger partial charge in [-0.05, 0) is 29.0 Å². The second-order valence-electron chi connectivity index (χ2n) is 3.59. The summed E-state index contributed by atoms with van der Waals surface area (Å²) in [5.74, 6) is -0.441. The topological polar surface area (TPSA) is 34.1 Å². The van der Waals surface area contributed by atoms with Crippen LogP contribution in [0.3, 0.4) is 0 Å². The number of hydrogen-bond acceptors (Lipinski definition) is 3. The van der Waals surface area contributed by atoms with E-state index >= 15 is 0 Å². The first kappa shape index (κ1) is 10.6. The minimum Gasteiger partial charge on any atom is -0.291 e. The number of ketones is 2. The Morgan fingerprint density at radius 3 is 2.38 bits per heavy atom. The van der Waals surface area contributed by atoms with E-state index in [1.165, 1.54) is 0 Å². The molecule has 16 heavy (non-hydrogen) atoms. The van der Waals surface area contributed by atoms with Gasteiger partial charge in [0.05, 0.1) is 0 Å². The molecule has 2 nitrogen and oxygen atoms in total. The second kappa shape index (κ2) is 3.24. The van der Waals surface area contributed by atoms with Crippen LogP contribution in [0.4, 0.5) is 0 Å². The summed E-state index contributed by atoms with van der Waals surface area (Å²) in [4.78, 5) is 24.0. The summed E-state index contributed by atoms with van der Waals surface area (Å²) in [6, 6.07) is 5.52. The van der Waals surface area contributed by atoms with Crippen molar-refractivity contribution in [3.05, 3.63) is 34.7 Å². The van der Waals surface area contributed by atoms with Crippen molar-refractivity contribution >= 4 is 64.8 Å². The number of fused-ring (bicyclic) bond motifs is 2. The van der Waals surface area contributed by atoms with E-state index in [1.807, 2.05) is 11.4 Å². The molecule has 0 N–H and O–H groups in total. The Kier molecular flexibility index (Phi) is 2.15. The minimum absolute atomic E-state index is 0.220. The summed E-state index contributed by atoms with van der Waals surface area (Å²) in [5.41, 5.74) is 0.985. The lowest BCUT2D eigenvalue weighted by Gasteiger charge is -2.06. The van der Waals surface area contributed by atoms with E-state index in [9.17, 15) is 9.59 Å². The molecule has 0 radical (unpaired) electrons. The molecule has 0 saturated heterocycles. The molecule has 0 unspecified atom stereocenters. The van der Waals surface area contributed by atoms with Gasteiger partial charge in [0.15, 0.2) is 11.6 Å². The number of thiophene rings is 1. The molecule has 0 spiro atoms. The van der Waals surface area contributed by atoms with E-state index in [2.05, 4.69) is 31.9 Å². The third kappa shape index (κ3) is 1.22. The van der Waals surface area contributed by atoms with Crippen LogP contribution < -0.4 is 0 Å². The molecular formula is C11H4Br2O2S. The fourth-order valence-corrected chi connectivity index (χ4v) is 3.49. The number of hydrogen-bond donors (Lipinski definition) is 0. The first-order valence-electron chi connectivity index (χ1n) is 4.50. The van der Waals surface area contributed by atoms with Gasteiger partial charge in [-0.3, -0.25) is 9.59 Å². The third-order valence-electron chi connectivity index (χ3n) is 2.65. The van der Waals surface area contributed by atoms with Gasteiger partial charge in [0.25, 0.3) is 0 Å². The Morgan fingerprint density at radius 2 is 1.69 bits per heavy atom. The van der Waals surface area contributed by atoms with Gasteiger partial charge in [-0.1, -0.05) is 31.9 Å². The average Bonchev–Trinajstić information content (AvgIpc) is 2.76. The average molecular weight is 360 g/mol. The van der Waals surface area contributed by atoms with Crippen LogP contribution in [0.2, 0.25) is 0 Å². The third-order valence-corrected chi connectivity index (χ3v) is 4.97. The number of carbonyl (C=O) groups is 2. The summed E-state index contributed by atoms with van der Waals surface area (Å²) in [5, 5.41) is 2.95. The highest BCUT2D eigenvalue weighted by molar-refractivity contribution is 9.26. The van der Waals surface area contributed by atoms with E-state index in [1.54, 1.807) is 23.5 Å². The van der Waals surface area contributed by atoms with E-state index in [0.29, 0.717) is 11.1 Å². The van der Waals surface area contributed by atoms with Crippen molar-refractivity contribution < 1.29 is 9.59 Å². The standard InChI is InChI=1S/C11H4Br2O2S/c12-11(13)9(14)6-3-5-1-2-16-8(5)4-7(6)10(11)15/h1-4H. The smallest absolute Gasteiger partial charge is 0.205 e. The lowest BCUT2D eigenvalue weighted by atomic mass is 10.1. The lowest BCUT2D eigenvalue weighted by Crippen LogP contribution is -2.25. The molecule has 0 amide bonds. The maximum Gasteiger partial charge on any atom is 0.205 e. The van der Waals surface area contributed by atoms with Crippen LogP contribution in [0.25, 0.3) is 10.1 Å². The van der Waals surface area contributed by atoms with Crippen LogP contribution in [0, 0.1) is 0 Å². The molecule has 3 rings (SSSR count). The number of Topliss-reactive ketones (excluding diaryl/α,β-unsaturated/α-hetero) is 2. The maximum absolute atomic E-state index is 12.0. The zero-order valence-electron chi connectivity index (χ0n) is 7.79. The molecule has 0 saturated carbocycles. The van der Waals surface area contributed by atoms with Crippen LogP contribution >= 0.6 is 43.2 Å². The molecule has 0 atom stereocenters. The van der Waals surface area contributed by atoms with E-state index in [-0.39, 0.29) is 11.6 Å². The molecule has 1 aliphatic rings. The number of carbonyl (C=O) groups excluding carboxylic acids is 2. The Labute approximate surface area is 112 Å². The van der Waals surface area contributed by atoms with Crippen molar-refractivity contribution in [2.24, 2.45) is 0 Å². The van der Waals surface area contributed by atoms with Gasteiger partial charge < -0.3 is 0 Å². The van der Waals surface area contributed by atoms with Crippen LogP contribution in [0.15, 0.2) is 23.6 Å². The van der Waals surface area contributed by atoms with Crippen molar-refractivity contribution in [2.45, 2.75) is 3.23 Å². The fraction of sp³-hybridized carbons (Fsp3) is 0.0909. The van der Waals surface area contributed by atoms with Crippen LogP contribution in [-0.2, 0) is 0 Å². The van der Waals surface area contributed by atoms with Crippen LogP contribution in [-0.4, -0.2) is 14.8 Å². The highest BCUT2D eigenvalue weighted by Crippen LogP contribution is 2.43. The molecule has 1 heterocycles. The normalized spacial score (nSPS) is 18.1. The zero-order valence-corrected chi connectivity index (χ0v) is 11.8. The quantitative estimate of drug-likeness (QED) is 0.530. The summed E-state index contributed by atoms with van der Waals surface area (Å²) in [7, 11) is 0. The number of rotatable bonds is 0. The SMILES string of the molecule is O=C1c2cc3ccsc3cc2C(=O)C1(Br)Br. The lowest BCUT2D eigenvalue weighted by molar-refractivity contribution is 0.0922. The Balaban J connectivity index is 2.38. The first-order valence-corrected chi connectivity index (χ1v) is 6.97. The van der Waals surface area contributed by atoms with E-state index in [0.717, 1.165) is 10.1 Å². The zero-order chi connectivity index (χ0) is 11.5. The minimum atomic E-state index is -1.26. The van der Waals surface area contributed by atoms with Crippen molar-refractivity contribution in [1.82, 2.24) is 0 Å². The monoisotopic (exact) mass is 358 g/mol. The van der Waals surface area contributed by atoms with Gasteiger partial charge in [-0.25, -0.2) is 0 Å². The van der Waals surface area contributed by atoms with Gasteiger partial charge in [0.1, 0.15) is 0 Å². The molecule has 0 fully saturated rings. The summed E-state index contributed by atoms with van der Waals surface area (Å²) in [6.07, 6.45) is 0. The number of halogens is 2. The highest BCUT2D eigenvalue weighted by Gasteiger charge is 2.49. The van der Waals surface area contributed by atoms with Crippen LogP contribution in [0.1, 0.15) is 20.7 Å². The largest absolute Gasteiger partial charge is 0.291 e. The summed E-state index contributed by atoms with van der Waals surface area (Å²) < 4.78 is -0.233. The molecule has 5 heteroatoms. The van der Waals surface area contributed by atoms with Gasteiger partial charge in [0.2, 0.25) is 3.23 Å². The van der Waals surface area contributed by atoms with Gasteiger partial charge in [-0.15, -0.1) is 11.3 Å². The van der Waals surface area contributed by atoms with Crippen molar-refractivity contribution in [3.63, 3.8) is 0 Å². The maximum atomic E-state index is 12.0. The Morgan fingerprint density at radius 1 is 1.06 bits per heavy atom. The molecule has 0 aliphatic heterocycles. The fourth-order valence-electron chi connectivity index (χ4n) is 1.83. The second-order valence-corrected chi connectivity index (χ2v) is 7.98. The predicted octanol–water partition coefficient (Wildman–Crippen LogP) is 3.77. The van der Waals surface area contributed by atoms with Gasteiger partial charge in [0, 0.05) is 15.8 Å². The summed E-state index contributed by atoms with van der Waals surface area (Å²) in [6.45, 7) is 0. The summed E-state index contributed by atoms with van der Waals surface area (Å²) >= 11 is 7.83. The van der Waals surface area contributed by atoms with Gasteiger partial charge in [-0.2, -0.15) is 0 Å². The highest BCUT2D eigenvalue weighted by atomic mass is 79.9. The van der Waals surface area contributed by atoms with Crippen molar-refractivity contribution in [2.75, 3.05) is 0 Å². The molecule has 80 valence electrons. The molecule has 2 aromatic rings. The molecule has 1 aliphatic carbocycles. The first-order chi connectivity index (χ1) is 7.51. The van der Waals surface area contributed by atoms with Gasteiger partial charge >= 0.3 is 0 Å². The van der Waals surface area contributed by atoms with E-state index in [4.69, 9.17) is 0 Å². The molecule has 1 aromatic carbocycles. The number of benzene rings is 1. The molecule has 0 bridgehead atoms. The van der Waals surface area contributed by atoms with Crippen molar-refractivity contribution in [3.8, 4) is 0 Å². The van der Waals surface area contributed by atoms with E-state index < -0.39 is 3.23 Å². The Bertz CT molecular complexity index is 590. The molecule has 1 aromatic heterocycles. The number of alkyl halides is 2. The van der Waals surface area contributed by atoms with Crippen LogP contribution in [0.5, 0.6) is 0 Å².